The second-order valence-corrected chi connectivity index (χ2v) is 1.50. The van der Waals surface area contributed by atoms with Gasteiger partial charge in [0.1, 0.15) is 0 Å². The summed E-state index contributed by atoms with van der Waals surface area (Å²) in [7, 11) is 1.36. The first-order valence-corrected chi connectivity index (χ1v) is 2.43. The highest BCUT2D eigenvalue weighted by Gasteiger charge is 1.95. The largest absolute Gasteiger partial charge is 0.523 e. The van der Waals surface area contributed by atoms with Crippen molar-refractivity contribution >= 4 is 7.69 Å². The van der Waals surface area contributed by atoms with Gasteiger partial charge in [0.05, 0.1) is 6.20 Å². The van der Waals surface area contributed by atoms with Gasteiger partial charge in [-0.1, -0.05) is 10.3 Å². The van der Waals surface area contributed by atoms with E-state index in [4.69, 9.17) is 5.02 Å². The van der Waals surface area contributed by atoms with Crippen LogP contribution in [0.25, 0.3) is 0 Å². The molecule has 0 saturated carbocycles. The molecular weight excluding hydrogens is 121 g/mol. The maximum atomic E-state index is 8.23. The van der Waals surface area contributed by atoms with Gasteiger partial charge in [-0.3, -0.25) is 4.68 Å². The van der Waals surface area contributed by atoms with Crippen LogP contribution in [0.1, 0.15) is 0 Å². The fourth-order valence-electron chi connectivity index (χ4n) is 0.458. The van der Waals surface area contributed by atoms with E-state index in [1.165, 1.54) is 4.68 Å². The molecule has 1 rings (SSSR count). The summed E-state index contributed by atoms with van der Waals surface area (Å²) >= 11 is 0. The highest BCUT2D eigenvalue weighted by molar-refractivity contribution is 6.17. The molecule has 0 atom stereocenters. The summed E-state index contributed by atoms with van der Waals surface area (Å²) < 4.78 is 6.08. The molecule has 0 aliphatic rings. The Hall–Kier alpha value is -1.04. The maximum Gasteiger partial charge on any atom is 0.505 e. The molecule has 0 aromatic carbocycles. The molecule has 5 nitrogen and oxygen atoms in total. The zero-order valence-corrected chi connectivity index (χ0v) is 4.98. The summed E-state index contributed by atoms with van der Waals surface area (Å²) in [6.45, 7) is 0. The quantitative estimate of drug-likeness (QED) is 0.488. The molecule has 1 aromatic rings. The third kappa shape index (κ3) is 1.43. The number of hydrogen-bond acceptors (Lipinski definition) is 4. The Bertz CT molecular complexity index is 189. The lowest BCUT2D eigenvalue weighted by Gasteiger charge is -1.89. The van der Waals surface area contributed by atoms with Crippen molar-refractivity contribution in [2.75, 3.05) is 0 Å². The summed E-state index contributed by atoms with van der Waals surface area (Å²) in [4.78, 5) is 0. The number of aromatic nitrogens is 3. The van der Waals surface area contributed by atoms with Crippen LogP contribution in [0.2, 0.25) is 0 Å². The van der Waals surface area contributed by atoms with Gasteiger partial charge in [-0.15, -0.1) is 0 Å². The lowest BCUT2D eigenvalue weighted by atomic mass is 10.4. The second kappa shape index (κ2) is 2.50. The first kappa shape index (κ1) is 6.09. The van der Waals surface area contributed by atoms with Crippen molar-refractivity contribution in [3.8, 4) is 5.88 Å². The zero-order chi connectivity index (χ0) is 6.69. The molecule has 9 heavy (non-hydrogen) atoms. The van der Waals surface area contributed by atoms with Crippen LogP contribution < -0.4 is 4.65 Å². The van der Waals surface area contributed by atoms with Crippen LogP contribution in [0, 0.1) is 0 Å². The van der Waals surface area contributed by atoms with Gasteiger partial charge >= 0.3 is 7.69 Å². The predicted molar refractivity (Wildman–Crippen MR) is 31.0 cm³/mol. The van der Waals surface area contributed by atoms with Crippen molar-refractivity contribution < 1.29 is 9.68 Å². The van der Waals surface area contributed by atoms with E-state index in [0.717, 1.165) is 0 Å². The van der Waals surface area contributed by atoms with Gasteiger partial charge in [-0.05, 0) is 0 Å². The van der Waals surface area contributed by atoms with E-state index in [1.54, 1.807) is 13.2 Å². The Balaban J connectivity index is 2.61. The number of aryl methyl sites for hydroxylation is 1. The van der Waals surface area contributed by atoms with Crippen molar-refractivity contribution in [3.63, 3.8) is 0 Å². The van der Waals surface area contributed by atoms with Gasteiger partial charge in [-0.25, -0.2) is 0 Å². The second-order valence-electron chi connectivity index (χ2n) is 1.50. The van der Waals surface area contributed by atoms with Gasteiger partial charge < -0.3 is 9.68 Å². The molecule has 0 fully saturated rings. The summed E-state index contributed by atoms with van der Waals surface area (Å²) in [5.74, 6) is 0.333. The van der Waals surface area contributed by atoms with E-state index in [-0.39, 0.29) is 7.69 Å². The van der Waals surface area contributed by atoms with Crippen LogP contribution in [0.5, 0.6) is 5.88 Å². The van der Waals surface area contributed by atoms with E-state index >= 15 is 0 Å². The van der Waals surface area contributed by atoms with Crippen LogP contribution in [0.3, 0.4) is 0 Å². The zero-order valence-electron chi connectivity index (χ0n) is 4.98. The first-order valence-electron chi connectivity index (χ1n) is 2.43. The minimum Gasteiger partial charge on any atom is -0.523 e. The minimum atomic E-state index is -0.362. The maximum absolute atomic E-state index is 8.23. The van der Waals surface area contributed by atoms with Crippen molar-refractivity contribution in [3.05, 3.63) is 6.20 Å². The fourth-order valence-corrected chi connectivity index (χ4v) is 0.458. The van der Waals surface area contributed by atoms with E-state index in [9.17, 15) is 0 Å². The molecule has 1 heterocycles. The molecule has 48 valence electrons. The van der Waals surface area contributed by atoms with Crippen molar-refractivity contribution in [1.29, 1.82) is 0 Å². The standard InChI is InChI=1S/C3H6BN3O2/c1-7-2-3(5-6-7)9-4-8/h2,4,8H,1H3. The van der Waals surface area contributed by atoms with Crippen LogP contribution in [0.4, 0.5) is 0 Å². The Morgan fingerprint density at radius 1 is 1.89 bits per heavy atom. The van der Waals surface area contributed by atoms with Crippen molar-refractivity contribution in [2.24, 2.45) is 7.05 Å². The van der Waals surface area contributed by atoms with Gasteiger partial charge in [0.2, 0.25) is 5.88 Å². The van der Waals surface area contributed by atoms with E-state index in [2.05, 4.69) is 15.0 Å². The van der Waals surface area contributed by atoms with Crippen LogP contribution in [-0.2, 0) is 7.05 Å². The average Bonchev–Trinajstić information content (AvgIpc) is 2.17. The van der Waals surface area contributed by atoms with Crippen molar-refractivity contribution in [1.82, 2.24) is 15.0 Å². The van der Waals surface area contributed by atoms with E-state index in [1.807, 2.05) is 0 Å². The number of nitrogens with zero attached hydrogens (tertiary/aromatic N) is 3. The SMILES string of the molecule is Cn1cc(OBO)nn1. The molecule has 0 bridgehead atoms. The Labute approximate surface area is 52.6 Å². The van der Waals surface area contributed by atoms with Gasteiger partial charge in [0, 0.05) is 7.05 Å². The highest BCUT2D eigenvalue weighted by Crippen LogP contribution is 1.98. The van der Waals surface area contributed by atoms with Crippen LogP contribution in [0.15, 0.2) is 6.20 Å². The highest BCUT2D eigenvalue weighted by atomic mass is 16.5. The minimum absolute atomic E-state index is 0.333. The monoisotopic (exact) mass is 127 g/mol. The summed E-state index contributed by atoms with van der Waals surface area (Å²) in [5.41, 5.74) is 0. The average molecular weight is 127 g/mol. The molecular formula is C3H6BN3O2. The van der Waals surface area contributed by atoms with Gasteiger partial charge in [0.15, 0.2) is 0 Å². The molecule has 0 spiro atoms. The molecule has 1 aromatic heterocycles. The van der Waals surface area contributed by atoms with Gasteiger partial charge in [-0.2, -0.15) is 0 Å². The number of rotatable bonds is 2. The van der Waals surface area contributed by atoms with E-state index < -0.39 is 0 Å². The Kier molecular flexibility index (Phi) is 1.69. The predicted octanol–water partition coefficient (Wildman–Crippen LogP) is -1.55. The molecule has 1 N–H and O–H groups in total. The smallest absolute Gasteiger partial charge is 0.505 e. The summed E-state index contributed by atoms with van der Waals surface area (Å²) in [6, 6.07) is 0. The lowest BCUT2D eigenvalue weighted by molar-refractivity contribution is 0.442. The number of hydrogen-bond donors (Lipinski definition) is 1. The third-order valence-electron chi connectivity index (χ3n) is 0.794. The lowest BCUT2D eigenvalue weighted by Crippen LogP contribution is -1.99. The molecule has 0 aliphatic carbocycles. The summed E-state index contributed by atoms with van der Waals surface area (Å²) in [5, 5.41) is 15.3. The molecule has 0 saturated heterocycles. The van der Waals surface area contributed by atoms with E-state index in [0.29, 0.717) is 5.88 Å². The Morgan fingerprint density at radius 3 is 3.11 bits per heavy atom. The molecule has 0 amide bonds. The molecule has 6 heteroatoms. The van der Waals surface area contributed by atoms with Gasteiger partial charge in [0.25, 0.3) is 0 Å². The van der Waals surface area contributed by atoms with Crippen LogP contribution in [-0.4, -0.2) is 27.7 Å². The van der Waals surface area contributed by atoms with Crippen LogP contribution >= 0.6 is 0 Å². The topological polar surface area (TPSA) is 60.2 Å². The molecule has 0 aliphatic heterocycles. The third-order valence-corrected chi connectivity index (χ3v) is 0.794. The molecule has 0 unspecified atom stereocenters. The first-order chi connectivity index (χ1) is 4.33. The molecule has 0 radical (unpaired) electrons. The normalized spacial score (nSPS) is 9.11. The Morgan fingerprint density at radius 2 is 2.67 bits per heavy atom. The van der Waals surface area contributed by atoms with Crippen molar-refractivity contribution in [2.45, 2.75) is 0 Å². The summed E-state index contributed by atoms with van der Waals surface area (Å²) in [6.07, 6.45) is 1.57. The fraction of sp³-hybridized carbons (Fsp3) is 0.333.